The molecule has 170 valence electrons. The molecule has 0 saturated carbocycles. The van der Waals surface area contributed by atoms with Gasteiger partial charge in [-0.3, -0.25) is 14.5 Å². The third-order valence-corrected chi connectivity index (χ3v) is 6.46. The first-order valence-corrected chi connectivity index (χ1v) is 11.2. The number of pyridine rings is 2. The number of amides is 1. The maximum atomic E-state index is 12.5. The lowest BCUT2D eigenvalue weighted by molar-refractivity contribution is 0.0958. The number of H-pyrrole nitrogens is 1. The van der Waals surface area contributed by atoms with Crippen molar-refractivity contribution in [2.45, 2.75) is 13.5 Å². The molecule has 33 heavy (non-hydrogen) atoms. The molecule has 1 aromatic carbocycles. The van der Waals surface area contributed by atoms with Gasteiger partial charge in [0.05, 0.1) is 16.8 Å². The summed E-state index contributed by atoms with van der Waals surface area (Å²) in [5, 5.41) is 5.40. The second-order valence-corrected chi connectivity index (χ2v) is 8.73. The van der Waals surface area contributed by atoms with E-state index >= 15 is 0 Å². The Hall–Kier alpha value is -3.65. The van der Waals surface area contributed by atoms with Gasteiger partial charge < -0.3 is 19.8 Å². The summed E-state index contributed by atoms with van der Waals surface area (Å²) >= 11 is 0. The van der Waals surface area contributed by atoms with E-state index in [1.807, 2.05) is 37.0 Å². The monoisotopic (exact) mass is 444 g/mol. The van der Waals surface area contributed by atoms with Crippen LogP contribution in [0, 0.1) is 6.92 Å². The van der Waals surface area contributed by atoms with Crippen molar-refractivity contribution in [3.8, 4) is 0 Å². The van der Waals surface area contributed by atoms with E-state index in [0.29, 0.717) is 5.69 Å². The van der Waals surface area contributed by atoms with Crippen LogP contribution in [0.25, 0.3) is 21.7 Å². The van der Waals surface area contributed by atoms with Crippen molar-refractivity contribution in [1.29, 1.82) is 0 Å². The van der Waals surface area contributed by atoms with Gasteiger partial charge in [-0.2, -0.15) is 0 Å². The van der Waals surface area contributed by atoms with E-state index in [9.17, 15) is 9.59 Å². The fraction of sp³-hybridized carbons (Fsp3) is 0.320. The van der Waals surface area contributed by atoms with Crippen LogP contribution < -0.4 is 15.8 Å². The van der Waals surface area contributed by atoms with Gasteiger partial charge in [-0.05, 0) is 30.7 Å². The lowest BCUT2D eigenvalue weighted by Crippen LogP contribution is -2.46. The molecule has 1 amide bonds. The van der Waals surface area contributed by atoms with E-state index < -0.39 is 0 Å². The molecule has 0 unspecified atom stereocenters. The molecule has 4 aromatic rings. The molecule has 0 radical (unpaired) electrons. The number of hydrogen-bond acceptors (Lipinski definition) is 5. The number of anilines is 1. The van der Waals surface area contributed by atoms with Gasteiger partial charge in [0.1, 0.15) is 5.69 Å². The highest BCUT2D eigenvalue weighted by atomic mass is 16.1. The number of nitrogens with one attached hydrogen (secondary N) is 2. The van der Waals surface area contributed by atoms with E-state index in [2.05, 4.69) is 43.3 Å². The molecule has 1 aliphatic heterocycles. The summed E-state index contributed by atoms with van der Waals surface area (Å²) in [5.74, 6) is -0.167. The average Bonchev–Trinajstić information content (AvgIpc) is 3.21. The zero-order chi connectivity index (χ0) is 23.1. The molecule has 0 spiro atoms. The third kappa shape index (κ3) is 3.98. The maximum Gasteiger partial charge on any atom is 0.269 e. The van der Waals surface area contributed by atoms with Crippen LogP contribution >= 0.6 is 0 Å². The Kier molecular flexibility index (Phi) is 5.38. The van der Waals surface area contributed by atoms with Gasteiger partial charge in [0.15, 0.2) is 0 Å². The van der Waals surface area contributed by atoms with Gasteiger partial charge in [-0.15, -0.1) is 0 Å². The predicted molar refractivity (Wildman–Crippen MR) is 131 cm³/mol. The quantitative estimate of drug-likeness (QED) is 0.505. The molecule has 4 heterocycles. The van der Waals surface area contributed by atoms with Gasteiger partial charge in [-0.25, -0.2) is 4.98 Å². The lowest BCUT2D eigenvalue weighted by atomic mass is 10.1. The molecule has 1 saturated heterocycles. The van der Waals surface area contributed by atoms with E-state index in [0.717, 1.165) is 65.8 Å². The van der Waals surface area contributed by atoms with Crippen molar-refractivity contribution < 1.29 is 4.79 Å². The van der Waals surface area contributed by atoms with Crippen LogP contribution in [-0.4, -0.2) is 58.6 Å². The van der Waals surface area contributed by atoms with Crippen LogP contribution in [0.2, 0.25) is 0 Å². The SMILES string of the molecule is CNC(=O)c1ccc(N2CCN(Cc3ccc4c(c3)[nH]c(=O)c3cn(C)cc34)CC2)c(C)n1. The highest BCUT2D eigenvalue weighted by molar-refractivity contribution is 6.05. The molecule has 2 N–H and O–H groups in total. The van der Waals surface area contributed by atoms with Gasteiger partial charge in [0.2, 0.25) is 0 Å². The van der Waals surface area contributed by atoms with Crippen LogP contribution in [0.3, 0.4) is 0 Å². The number of hydrogen-bond donors (Lipinski definition) is 2. The number of aromatic amines is 1. The van der Waals surface area contributed by atoms with Gasteiger partial charge in [0, 0.05) is 75.5 Å². The number of aromatic nitrogens is 3. The fourth-order valence-corrected chi connectivity index (χ4v) is 4.74. The van der Waals surface area contributed by atoms with Gasteiger partial charge in [-0.1, -0.05) is 12.1 Å². The van der Waals surface area contributed by atoms with Crippen LogP contribution in [0.5, 0.6) is 0 Å². The molecule has 5 rings (SSSR count). The highest BCUT2D eigenvalue weighted by Crippen LogP contribution is 2.24. The summed E-state index contributed by atoms with van der Waals surface area (Å²) < 4.78 is 1.93. The van der Waals surface area contributed by atoms with Gasteiger partial charge >= 0.3 is 0 Å². The zero-order valence-electron chi connectivity index (χ0n) is 19.2. The van der Waals surface area contributed by atoms with Crippen LogP contribution in [0.1, 0.15) is 21.7 Å². The number of carbonyl (C=O) groups is 1. The Bertz CT molecular complexity index is 1410. The zero-order valence-corrected chi connectivity index (χ0v) is 19.2. The Morgan fingerprint density at radius 3 is 2.55 bits per heavy atom. The smallest absolute Gasteiger partial charge is 0.269 e. The standard InChI is InChI=1S/C25H28N6O2/c1-16-23(7-6-21(27-16)25(33)26-2)31-10-8-30(9-11-31)13-17-4-5-18-19-14-29(3)15-20(19)24(32)28-22(18)12-17/h4-7,12,14-15H,8-11,13H2,1-3H3,(H,26,33)(H,28,32). The summed E-state index contributed by atoms with van der Waals surface area (Å²) in [6.45, 7) is 6.46. The maximum absolute atomic E-state index is 12.5. The number of aryl methyl sites for hydroxylation is 2. The van der Waals surface area contributed by atoms with Crippen molar-refractivity contribution in [2.24, 2.45) is 7.05 Å². The predicted octanol–water partition coefficient (Wildman–Crippen LogP) is 2.41. The molecule has 0 atom stereocenters. The number of nitrogens with zero attached hydrogens (tertiary/aromatic N) is 4. The van der Waals surface area contributed by atoms with Crippen LogP contribution in [0.4, 0.5) is 5.69 Å². The fourth-order valence-electron chi connectivity index (χ4n) is 4.74. The molecule has 0 bridgehead atoms. The minimum absolute atomic E-state index is 0.0460. The highest BCUT2D eigenvalue weighted by Gasteiger charge is 2.20. The van der Waals surface area contributed by atoms with Crippen molar-refractivity contribution in [3.63, 3.8) is 0 Å². The average molecular weight is 445 g/mol. The minimum atomic E-state index is -0.167. The van der Waals surface area contributed by atoms with Crippen molar-refractivity contribution in [3.05, 3.63) is 70.0 Å². The second kappa shape index (κ2) is 8.37. The Morgan fingerprint density at radius 1 is 1.06 bits per heavy atom. The Morgan fingerprint density at radius 2 is 1.82 bits per heavy atom. The molecular formula is C25H28N6O2. The summed E-state index contributed by atoms with van der Waals surface area (Å²) in [6, 6.07) is 10.1. The summed E-state index contributed by atoms with van der Waals surface area (Å²) in [4.78, 5) is 36.6. The number of rotatable bonds is 4. The Labute approximate surface area is 191 Å². The van der Waals surface area contributed by atoms with Crippen LogP contribution in [-0.2, 0) is 13.6 Å². The summed E-state index contributed by atoms with van der Waals surface area (Å²) in [6.07, 6.45) is 3.87. The van der Waals surface area contributed by atoms with E-state index in [1.54, 1.807) is 13.1 Å². The summed E-state index contributed by atoms with van der Waals surface area (Å²) in [7, 11) is 3.55. The van der Waals surface area contributed by atoms with E-state index in [-0.39, 0.29) is 11.5 Å². The van der Waals surface area contributed by atoms with Crippen LogP contribution in [0.15, 0.2) is 47.5 Å². The molecule has 1 fully saturated rings. The lowest BCUT2D eigenvalue weighted by Gasteiger charge is -2.36. The second-order valence-electron chi connectivity index (χ2n) is 8.73. The molecule has 1 aliphatic rings. The third-order valence-electron chi connectivity index (χ3n) is 6.46. The van der Waals surface area contributed by atoms with Crippen molar-refractivity contribution in [2.75, 3.05) is 38.1 Å². The van der Waals surface area contributed by atoms with Crippen molar-refractivity contribution >= 4 is 33.3 Å². The normalized spacial score (nSPS) is 14.8. The number of fused-ring (bicyclic) bond motifs is 3. The molecule has 8 nitrogen and oxygen atoms in total. The first kappa shape index (κ1) is 21.2. The summed E-state index contributed by atoms with van der Waals surface area (Å²) in [5.41, 5.74) is 4.42. The number of carbonyl (C=O) groups excluding carboxylic acids is 1. The van der Waals surface area contributed by atoms with E-state index in [4.69, 9.17) is 0 Å². The number of piperazine rings is 1. The Balaban J connectivity index is 1.29. The van der Waals surface area contributed by atoms with Crippen molar-refractivity contribution in [1.82, 2.24) is 24.8 Å². The minimum Gasteiger partial charge on any atom is -0.368 e. The molecule has 3 aromatic heterocycles. The number of benzene rings is 1. The molecule has 0 aliphatic carbocycles. The molecular weight excluding hydrogens is 416 g/mol. The first-order chi connectivity index (χ1) is 15.9. The largest absolute Gasteiger partial charge is 0.368 e. The topological polar surface area (TPSA) is 86.3 Å². The van der Waals surface area contributed by atoms with E-state index in [1.165, 1.54) is 5.56 Å². The molecule has 8 heteroatoms. The van der Waals surface area contributed by atoms with Gasteiger partial charge in [0.25, 0.3) is 11.5 Å². The first-order valence-electron chi connectivity index (χ1n) is 11.2.